The minimum Gasteiger partial charge on any atom is -0.478 e. The van der Waals surface area contributed by atoms with E-state index in [1.54, 1.807) is 0 Å². The third kappa shape index (κ3) is 6.01. The highest BCUT2D eigenvalue weighted by Crippen LogP contribution is 2.48. The fraction of sp³-hybridized carbons (Fsp3) is 0.636. The van der Waals surface area contributed by atoms with Crippen molar-refractivity contribution < 1.29 is 34.8 Å². The summed E-state index contributed by atoms with van der Waals surface area (Å²) in [5, 5.41) is 38.7. The molecular formula is C22H32O7. The Bertz CT molecular complexity index is 650. The first-order valence-corrected chi connectivity index (χ1v) is 10.3. The van der Waals surface area contributed by atoms with Gasteiger partial charge in [-0.1, -0.05) is 19.3 Å². The molecule has 7 nitrogen and oxygen atoms in total. The van der Waals surface area contributed by atoms with Crippen LogP contribution in [-0.4, -0.2) is 58.3 Å². The number of ether oxygens (including phenoxy) is 1. The Balaban J connectivity index is 2.07. The summed E-state index contributed by atoms with van der Waals surface area (Å²) in [7, 11) is 0. The van der Waals surface area contributed by atoms with Crippen LogP contribution in [0.4, 0.5) is 0 Å². The summed E-state index contributed by atoms with van der Waals surface area (Å²) in [5.41, 5.74) is -0.130. The smallest absolute Gasteiger partial charge is 0.338 e. The van der Waals surface area contributed by atoms with Gasteiger partial charge in [-0.2, -0.15) is 0 Å². The number of carbonyl (C=O) groups is 2. The molecule has 162 valence electrons. The highest BCUT2D eigenvalue weighted by molar-refractivity contribution is 5.92. The minimum atomic E-state index is -1.07. The topological polar surface area (TPSA) is 124 Å². The second-order valence-electron chi connectivity index (χ2n) is 7.87. The molecule has 0 amide bonds. The molecule has 1 aromatic carbocycles. The van der Waals surface area contributed by atoms with E-state index in [1.165, 1.54) is 24.3 Å². The van der Waals surface area contributed by atoms with Crippen molar-refractivity contribution in [1.82, 2.24) is 0 Å². The number of aliphatic hydroxyl groups excluding tert-OH is 3. The van der Waals surface area contributed by atoms with Crippen LogP contribution < -0.4 is 0 Å². The molecule has 0 heterocycles. The molecule has 1 aliphatic rings. The van der Waals surface area contributed by atoms with Gasteiger partial charge in [-0.15, -0.1) is 0 Å². The van der Waals surface area contributed by atoms with Crippen molar-refractivity contribution in [3.05, 3.63) is 35.4 Å². The van der Waals surface area contributed by atoms with Gasteiger partial charge in [-0.25, -0.2) is 9.59 Å². The van der Waals surface area contributed by atoms with Crippen LogP contribution in [-0.2, 0) is 4.74 Å². The Morgan fingerprint density at radius 2 is 1.59 bits per heavy atom. The average Bonchev–Trinajstić information content (AvgIpc) is 2.75. The van der Waals surface area contributed by atoms with Crippen LogP contribution in [0.15, 0.2) is 24.3 Å². The SMILES string of the molecule is O=C(O)c1ccc(C(=O)OCC(O)C2(C(CCO)CCCO)CCCCC2)cc1. The Labute approximate surface area is 171 Å². The van der Waals surface area contributed by atoms with Crippen molar-refractivity contribution in [2.45, 2.75) is 57.5 Å². The van der Waals surface area contributed by atoms with Crippen LogP contribution in [0.3, 0.4) is 0 Å². The minimum absolute atomic E-state index is 0.0142. The maximum atomic E-state index is 12.3. The van der Waals surface area contributed by atoms with E-state index >= 15 is 0 Å². The molecule has 1 aromatic rings. The van der Waals surface area contributed by atoms with Crippen LogP contribution in [0.2, 0.25) is 0 Å². The summed E-state index contributed by atoms with van der Waals surface area (Å²) in [5.74, 6) is -1.64. The van der Waals surface area contributed by atoms with E-state index in [9.17, 15) is 24.9 Å². The normalized spacial score (nSPS) is 18.0. The Morgan fingerprint density at radius 3 is 2.14 bits per heavy atom. The number of aliphatic hydroxyl groups is 3. The molecule has 2 unspecified atom stereocenters. The number of carboxylic acids is 1. The molecular weight excluding hydrogens is 376 g/mol. The van der Waals surface area contributed by atoms with Crippen LogP contribution in [0.5, 0.6) is 0 Å². The van der Waals surface area contributed by atoms with Gasteiger partial charge >= 0.3 is 11.9 Å². The van der Waals surface area contributed by atoms with Gasteiger partial charge in [-0.3, -0.25) is 0 Å². The number of aromatic carboxylic acids is 1. The fourth-order valence-corrected chi connectivity index (χ4v) is 4.59. The van der Waals surface area contributed by atoms with Crippen LogP contribution in [0.1, 0.15) is 72.1 Å². The van der Waals surface area contributed by atoms with Crippen LogP contribution in [0, 0.1) is 11.3 Å². The molecule has 0 aliphatic heterocycles. The largest absolute Gasteiger partial charge is 0.478 e. The van der Waals surface area contributed by atoms with Crippen LogP contribution >= 0.6 is 0 Å². The molecule has 29 heavy (non-hydrogen) atoms. The Morgan fingerprint density at radius 1 is 0.966 bits per heavy atom. The molecule has 0 saturated heterocycles. The molecule has 2 rings (SSSR count). The summed E-state index contributed by atoms with van der Waals surface area (Å²) in [6, 6.07) is 5.46. The Kier molecular flexibility index (Phi) is 9.07. The van der Waals surface area contributed by atoms with E-state index in [0.29, 0.717) is 19.3 Å². The van der Waals surface area contributed by atoms with Crippen molar-refractivity contribution in [3.63, 3.8) is 0 Å². The van der Waals surface area contributed by atoms with Gasteiger partial charge in [0, 0.05) is 18.6 Å². The maximum Gasteiger partial charge on any atom is 0.338 e. The fourth-order valence-electron chi connectivity index (χ4n) is 4.59. The molecule has 2 atom stereocenters. The molecule has 0 radical (unpaired) electrons. The Hall–Kier alpha value is -1.96. The lowest BCUT2D eigenvalue weighted by Gasteiger charge is -2.47. The average molecular weight is 408 g/mol. The second kappa shape index (κ2) is 11.3. The summed E-state index contributed by atoms with van der Waals surface area (Å²) in [6.45, 7) is -0.0731. The molecule has 0 bridgehead atoms. The number of hydrogen-bond acceptors (Lipinski definition) is 6. The molecule has 0 aromatic heterocycles. The van der Waals surface area contributed by atoms with E-state index in [0.717, 1.165) is 32.1 Å². The monoisotopic (exact) mass is 408 g/mol. The second-order valence-corrected chi connectivity index (χ2v) is 7.87. The lowest BCUT2D eigenvalue weighted by atomic mass is 9.60. The molecule has 1 saturated carbocycles. The van der Waals surface area contributed by atoms with Gasteiger partial charge < -0.3 is 25.2 Å². The lowest BCUT2D eigenvalue weighted by molar-refractivity contribution is -0.0856. The number of hydrogen-bond donors (Lipinski definition) is 4. The lowest BCUT2D eigenvalue weighted by Crippen LogP contribution is -2.46. The van der Waals surface area contributed by atoms with E-state index in [-0.39, 0.29) is 36.9 Å². The quantitative estimate of drug-likeness (QED) is 0.415. The first kappa shape index (κ1) is 23.3. The first-order valence-electron chi connectivity index (χ1n) is 10.3. The predicted molar refractivity (Wildman–Crippen MR) is 107 cm³/mol. The standard InChI is InChI=1S/C22H32O7/c23-13-4-5-18(10-14-24)22(11-2-1-3-12-22)19(25)15-29-21(28)17-8-6-16(7-9-17)20(26)27/h6-9,18-19,23-25H,1-5,10-15H2,(H,26,27). The first-order chi connectivity index (χ1) is 13.9. The van der Waals surface area contributed by atoms with Gasteiger partial charge in [0.1, 0.15) is 6.61 Å². The third-order valence-electron chi connectivity index (χ3n) is 6.19. The summed E-state index contributed by atoms with van der Waals surface area (Å²) >= 11 is 0. The molecule has 7 heteroatoms. The molecule has 1 fully saturated rings. The number of esters is 1. The van der Waals surface area contributed by atoms with E-state index in [4.69, 9.17) is 9.84 Å². The zero-order valence-electron chi connectivity index (χ0n) is 16.8. The number of carbonyl (C=O) groups excluding carboxylic acids is 1. The van der Waals surface area contributed by atoms with E-state index in [2.05, 4.69) is 0 Å². The highest BCUT2D eigenvalue weighted by atomic mass is 16.5. The molecule has 1 aliphatic carbocycles. The van der Waals surface area contributed by atoms with Crippen molar-refractivity contribution in [1.29, 1.82) is 0 Å². The van der Waals surface area contributed by atoms with E-state index in [1.807, 2.05) is 0 Å². The van der Waals surface area contributed by atoms with Crippen molar-refractivity contribution >= 4 is 11.9 Å². The summed E-state index contributed by atoms with van der Waals surface area (Å²) in [4.78, 5) is 23.2. The van der Waals surface area contributed by atoms with Crippen molar-refractivity contribution in [3.8, 4) is 0 Å². The highest BCUT2D eigenvalue weighted by Gasteiger charge is 2.45. The third-order valence-corrected chi connectivity index (χ3v) is 6.19. The number of carboxylic acid groups (broad SMARTS) is 1. The van der Waals surface area contributed by atoms with Gasteiger partial charge in [-0.05, 0) is 62.3 Å². The van der Waals surface area contributed by atoms with Gasteiger partial charge in [0.2, 0.25) is 0 Å². The molecule has 4 N–H and O–H groups in total. The van der Waals surface area contributed by atoms with Gasteiger partial charge in [0.15, 0.2) is 0 Å². The van der Waals surface area contributed by atoms with Gasteiger partial charge in [0.25, 0.3) is 0 Å². The van der Waals surface area contributed by atoms with Crippen molar-refractivity contribution in [2.24, 2.45) is 11.3 Å². The number of rotatable bonds is 11. The number of benzene rings is 1. The summed E-state index contributed by atoms with van der Waals surface area (Å²) in [6.07, 6.45) is 5.64. The van der Waals surface area contributed by atoms with E-state index < -0.39 is 23.5 Å². The van der Waals surface area contributed by atoms with Crippen molar-refractivity contribution in [2.75, 3.05) is 19.8 Å². The van der Waals surface area contributed by atoms with Gasteiger partial charge in [0.05, 0.1) is 17.2 Å². The zero-order chi connectivity index (χ0) is 21.3. The predicted octanol–water partition coefficient (Wildman–Crippen LogP) is 2.62. The summed E-state index contributed by atoms with van der Waals surface area (Å²) < 4.78 is 5.35. The van der Waals surface area contributed by atoms with Crippen LogP contribution in [0.25, 0.3) is 0 Å². The maximum absolute atomic E-state index is 12.3. The zero-order valence-corrected chi connectivity index (χ0v) is 16.8. The molecule has 0 spiro atoms.